The van der Waals surface area contributed by atoms with Gasteiger partial charge in [0.15, 0.2) is 0 Å². The minimum absolute atomic E-state index is 0.605. The SMILES string of the molecule is Clc1ccc2c(NC(C3CC3)C3CC3)ncnc2c1. The Morgan fingerprint density at radius 2 is 1.84 bits per heavy atom. The number of anilines is 1. The first kappa shape index (κ1) is 11.5. The van der Waals surface area contributed by atoms with Crippen molar-refractivity contribution >= 4 is 28.3 Å². The van der Waals surface area contributed by atoms with E-state index in [0.717, 1.165) is 33.6 Å². The topological polar surface area (TPSA) is 37.8 Å². The number of nitrogens with one attached hydrogen (secondary N) is 1. The molecule has 4 rings (SSSR count). The first-order chi connectivity index (χ1) is 9.31. The first-order valence-electron chi connectivity index (χ1n) is 6.98. The third-order valence-electron chi connectivity index (χ3n) is 4.16. The molecule has 2 aromatic rings. The second-order valence-corrected chi connectivity index (χ2v) is 6.17. The lowest BCUT2D eigenvalue weighted by molar-refractivity contribution is 0.566. The summed E-state index contributed by atoms with van der Waals surface area (Å²) in [5.74, 6) is 2.67. The predicted molar refractivity (Wildman–Crippen MR) is 77.4 cm³/mol. The molecule has 2 fully saturated rings. The van der Waals surface area contributed by atoms with Gasteiger partial charge in [-0.1, -0.05) is 11.6 Å². The van der Waals surface area contributed by atoms with Crippen LogP contribution in [0.5, 0.6) is 0 Å². The van der Waals surface area contributed by atoms with Crippen molar-refractivity contribution in [3.8, 4) is 0 Å². The highest BCUT2D eigenvalue weighted by atomic mass is 35.5. The molecular weight excluding hydrogens is 258 g/mol. The molecule has 1 N–H and O–H groups in total. The highest BCUT2D eigenvalue weighted by molar-refractivity contribution is 6.31. The van der Waals surface area contributed by atoms with Crippen LogP contribution in [0.1, 0.15) is 25.7 Å². The fourth-order valence-corrected chi connectivity index (χ4v) is 3.00. The average molecular weight is 274 g/mol. The standard InChI is InChI=1S/C15H16ClN3/c16-11-5-6-12-13(7-11)17-8-18-15(12)19-14(9-1-2-9)10-3-4-10/h5-10,14H,1-4H2,(H,17,18,19). The summed E-state index contributed by atoms with van der Waals surface area (Å²) in [5, 5.41) is 5.46. The second-order valence-electron chi connectivity index (χ2n) is 5.73. The van der Waals surface area contributed by atoms with Crippen LogP contribution in [0.15, 0.2) is 24.5 Å². The van der Waals surface area contributed by atoms with Crippen molar-refractivity contribution in [2.24, 2.45) is 11.8 Å². The smallest absolute Gasteiger partial charge is 0.137 e. The van der Waals surface area contributed by atoms with Crippen molar-refractivity contribution in [3.63, 3.8) is 0 Å². The van der Waals surface area contributed by atoms with Crippen LogP contribution in [-0.2, 0) is 0 Å². The summed E-state index contributed by atoms with van der Waals surface area (Å²) in [6.07, 6.45) is 7.08. The van der Waals surface area contributed by atoms with E-state index in [4.69, 9.17) is 11.6 Å². The van der Waals surface area contributed by atoms with E-state index < -0.39 is 0 Å². The Morgan fingerprint density at radius 1 is 1.11 bits per heavy atom. The number of benzene rings is 1. The van der Waals surface area contributed by atoms with Gasteiger partial charge < -0.3 is 5.32 Å². The Kier molecular flexibility index (Phi) is 2.62. The molecule has 1 aromatic carbocycles. The number of aromatic nitrogens is 2. The lowest BCUT2D eigenvalue weighted by atomic mass is 10.1. The van der Waals surface area contributed by atoms with E-state index in [-0.39, 0.29) is 0 Å². The minimum atomic E-state index is 0.605. The zero-order valence-corrected chi connectivity index (χ0v) is 11.4. The molecule has 1 heterocycles. The number of nitrogens with zero attached hydrogens (tertiary/aromatic N) is 2. The molecule has 0 atom stereocenters. The van der Waals surface area contributed by atoms with Crippen LogP contribution in [0, 0.1) is 11.8 Å². The van der Waals surface area contributed by atoms with Gasteiger partial charge in [0.05, 0.1) is 5.52 Å². The average Bonchev–Trinajstić information content (AvgIpc) is 3.28. The molecule has 19 heavy (non-hydrogen) atoms. The molecule has 0 aliphatic heterocycles. The Bertz CT molecular complexity index is 608. The van der Waals surface area contributed by atoms with Crippen molar-refractivity contribution in [2.45, 2.75) is 31.7 Å². The second kappa shape index (κ2) is 4.34. The van der Waals surface area contributed by atoms with Crippen LogP contribution in [-0.4, -0.2) is 16.0 Å². The fourth-order valence-electron chi connectivity index (χ4n) is 2.83. The summed E-state index contributed by atoms with van der Waals surface area (Å²) in [6.45, 7) is 0. The molecule has 2 aliphatic carbocycles. The van der Waals surface area contributed by atoms with Crippen molar-refractivity contribution in [3.05, 3.63) is 29.5 Å². The third kappa shape index (κ3) is 2.27. The Labute approximate surface area is 117 Å². The van der Waals surface area contributed by atoms with Gasteiger partial charge in [0.25, 0.3) is 0 Å². The van der Waals surface area contributed by atoms with Crippen LogP contribution < -0.4 is 5.32 Å². The molecule has 3 nitrogen and oxygen atoms in total. The number of halogens is 1. The van der Waals surface area contributed by atoms with E-state index in [9.17, 15) is 0 Å². The maximum Gasteiger partial charge on any atom is 0.137 e. The van der Waals surface area contributed by atoms with Gasteiger partial charge in [0.2, 0.25) is 0 Å². The van der Waals surface area contributed by atoms with Crippen molar-refractivity contribution in [1.82, 2.24) is 9.97 Å². The lowest BCUT2D eigenvalue weighted by Crippen LogP contribution is -2.25. The Balaban J connectivity index is 1.69. The lowest BCUT2D eigenvalue weighted by Gasteiger charge is -2.19. The summed E-state index contributed by atoms with van der Waals surface area (Å²) in [6, 6.07) is 6.42. The number of rotatable bonds is 4. The van der Waals surface area contributed by atoms with Crippen molar-refractivity contribution in [2.75, 3.05) is 5.32 Å². The third-order valence-corrected chi connectivity index (χ3v) is 4.40. The van der Waals surface area contributed by atoms with Gasteiger partial charge in [-0.25, -0.2) is 9.97 Å². The molecule has 2 aliphatic rings. The van der Waals surface area contributed by atoms with E-state index in [1.807, 2.05) is 18.2 Å². The molecule has 0 radical (unpaired) electrons. The van der Waals surface area contributed by atoms with Gasteiger partial charge in [-0.15, -0.1) is 0 Å². The molecule has 0 amide bonds. The molecule has 0 spiro atoms. The van der Waals surface area contributed by atoms with Gasteiger partial charge in [-0.3, -0.25) is 0 Å². The van der Waals surface area contributed by atoms with Gasteiger partial charge in [-0.2, -0.15) is 0 Å². The molecule has 0 unspecified atom stereocenters. The highest BCUT2D eigenvalue weighted by Gasteiger charge is 2.41. The van der Waals surface area contributed by atoms with Gasteiger partial charge >= 0.3 is 0 Å². The van der Waals surface area contributed by atoms with Gasteiger partial charge in [0, 0.05) is 16.5 Å². The fraction of sp³-hybridized carbons (Fsp3) is 0.467. The highest BCUT2D eigenvalue weighted by Crippen LogP contribution is 2.46. The molecule has 98 valence electrons. The summed E-state index contributed by atoms with van der Waals surface area (Å²) in [5.41, 5.74) is 0.912. The maximum absolute atomic E-state index is 6.02. The Hall–Kier alpha value is -1.35. The predicted octanol–water partition coefficient (Wildman–Crippen LogP) is 3.88. The molecule has 1 aromatic heterocycles. The summed E-state index contributed by atoms with van der Waals surface area (Å²) in [4.78, 5) is 8.73. The summed E-state index contributed by atoms with van der Waals surface area (Å²) in [7, 11) is 0. The van der Waals surface area contributed by atoms with E-state index in [1.54, 1.807) is 6.33 Å². The number of hydrogen-bond acceptors (Lipinski definition) is 3. The maximum atomic E-state index is 6.02. The number of fused-ring (bicyclic) bond motifs is 1. The van der Waals surface area contributed by atoms with E-state index in [0.29, 0.717) is 6.04 Å². The largest absolute Gasteiger partial charge is 0.366 e. The van der Waals surface area contributed by atoms with Crippen LogP contribution in [0.3, 0.4) is 0 Å². The molecular formula is C15H16ClN3. The zero-order valence-electron chi connectivity index (χ0n) is 10.6. The van der Waals surface area contributed by atoms with Crippen LogP contribution in [0.2, 0.25) is 5.02 Å². The molecule has 4 heteroatoms. The summed E-state index contributed by atoms with van der Waals surface area (Å²) >= 11 is 6.02. The van der Waals surface area contributed by atoms with Crippen molar-refractivity contribution < 1.29 is 0 Å². The molecule has 0 bridgehead atoms. The normalized spacial score (nSPS) is 19.1. The minimum Gasteiger partial charge on any atom is -0.366 e. The van der Waals surface area contributed by atoms with E-state index >= 15 is 0 Å². The first-order valence-corrected chi connectivity index (χ1v) is 7.36. The van der Waals surface area contributed by atoms with Crippen LogP contribution in [0.4, 0.5) is 5.82 Å². The van der Waals surface area contributed by atoms with Crippen LogP contribution in [0.25, 0.3) is 10.9 Å². The van der Waals surface area contributed by atoms with Gasteiger partial charge in [0.1, 0.15) is 12.1 Å². The quantitative estimate of drug-likeness (QED) is 0.918. The molecule has 2 saturated carbocycles. The van der Waals surface area contributed by atoms with Gasteiger partial charge in [-0.05, 0) is 55.7 Å². The van der Waals surface area contributed by atoms with E-state index in [1.165, 1.54) is 25.7 Å². The Morgan fingerprint density at radius 3 is 2.53 bits per heavy atom. The monoisotopic (exact) mass is 273 g/mol. The number of hydrogen-bond donors (Lipinski definition) is 1. The molecule has 0 saturated heterocycles. The van der Waals surface area contributed by atoms with Crippen LogP contribution >= 0.6 is 11.6 Å². The summed E-state index contributed by atoms with van der Waals surface area (Å²) < 4.78 is 0. The van der Waals surface area contributed by atoms with E-state index in [2.05, 4.69) is 15.3 Å². The van der Waals surface area contributed by atoms with Crippen molar-refractivity contribution in [1.29, 1.82) is 0 Å². The zero-order chi connectivity index (χ0) is 12.8.